The number of aliphatic imine (C=N–C) groups is 1. The number of nitrogens with one attached hydrogen (secondary N) is 1. The Bertz CT molecular complexity index is 559. The topological polar surface area (TPSA) is 70.7 Å². The predicted molar refractivity (Wildman–Crippen MR) is 114 cm³/mol. The molecular formula is C17H27IN4OS. The van der Waals surface area contributed by atoms with Gasteiger partial charge in [0.25, 0.3) is 0 Å². The first-order valence-electron chi connectivity index (χ1n) is 8.06. The number of thioether (sulfide) groups is 1. The Kier molecular flexibility index (Phi) is 9.50. The van der Waals surface area contributed by atoms with Gasteiger partial charge in [-0.15, -0.1) is 24.0 Å². The van der Waals surface area contributed by atoms with Crippen LogP contribution in [0.15, 0.2) is 29.3 Å². The second kappa shape index (κ2) is 10.8. The van der Waals surface area contributed by atoms with E-state index < -0.39 is 0 Å². The Balaban J connectivity index is 0.00000288. The second-order valence-electron chi connectivity index (χ2n) is 6.12. The molecule has 1 saturated heterocycles. The van der Waals surface area contributed by atoms with Crippen LogP contribution in [0.1, 0.15) is 25.8 Å². The van der Waals surface area contributed by atoms with Crippen LogP contribution in [0.25, 0.3) is 0 Å². The van der Waals surface area contributed by atoms with Gasteiger partial charge in [0, 0.05) is 36.7 Å². The van der Waals surface area contributed by atoms with Gasteiger partial charge < -0.3 is 16.0 Å². The fourth-order valence-corrected chi connectivity index (χ4v) is 3.30. The minimum Gasteiger partial charge on any atom is -0.370 e. The van der Waals surface area contributed by atoms with Gasteiger partial charge in [0.1, 0.15) is 0 Å². The van der Waals surface area contributed by atoms with Crippen LogP contribution in [-0.2, 0) is 11.3 Å². The first-order valence-corrected chi connectivity index (χ1v) is 9.21. The van der Waals surface area contributed by atoms with Crippen molar-refractivity contribution in [3.63, 3.8) is 0 Å². The lowest BCUT2D eigenvalue weighted by molar-refractivity contribution is -0.116. The molecule has 1 aromatic rings. The summed E-state index contributed by atoms with van der Waals surface area (Å²) in [6.45, 7) is 6.53. The summed E-state index contributed by atoms with van der Waals surface area (Å²) in [6, 6.07) is 7.79. The molecule has 1 aromatic carbocycles. The molecule has 0 bridgehead atoms. The van der Waals surface area contributed by atoms with Crippen LogP contribution in [0.3, 0.4) is 0 Å². The molecule has 1 aliphatic rings. The zero-order valence-corrected chi connectivity index (χ0v) is 17.5. The molecule has 24 heavy (non-hydrogen) atoms. The third-order valence-corrected chi connectivity index (χ3v) is 4.51. The minimum atomic E-state index is 0. The van der Waals surface area contributed by atoms with E-state index in [1.54, 1.807) is 0 Å². The SMILES string of the molecule is CC(C)CC(=O)Nc1cccc(CN=C(N)N2CCSCC2)c1.I. The van der Waals surface area contributed by atoms with Gasteiger partial charge in [0.2, 0.25) is 5.91 Å². The lowest BCUT2D eigenvalue weighted by Crippen LogP contribution is -2.42. The van der Waals surface area contributed by atoms with E-state index in [1.807, 2.05) is 49.9 Å². The molecule has 0 aliphatic carbocycles. The van der Waals surface area contributed by atoms with Crippen molar-refractivity contribution in [2.45, 2.75) is 26.8 Å². The zero-order valence-electron chi connectivity index (χ0n) is 14.3. The summed E-state index contributed by atoms with van der Waals surface area (Å²) in [5.41, 5.74) is 7.93. The number of nitrogens with zero attached hydrogens (tertiary/aromatic N) is 2. The number of hydrogen-bond donors (Lipinski definition) is 2. The van der Waals surface area contributed by atoms with Crippen LogP contribution < -0.4 is 11.1 Å². The van der Waals surface area contributed by atoms with E-state index in [9.17, 15) is 4.79 Å². The normalized spacial score (nSPS) is 15.1. The van der Waals surface area contributed by atoms with E-state index in [4.69, 9.17) is 5.73 Å². The van der Waals surface area contributed by atoms with Crippen LogP contribution in [0.2, 0.25) is 0 Å². The summed E-state index contributed by atoms with van der Waals surface area (Å²) >= 11 is 1.95. The largest absolute Gasteiger partial charge is 0.370 e. The Morgan fingerprint density at radius 1 is 1.38 bits per heavy atom. The van der Waals surface area contributed by atoms with Crippen molar-refractivity contribution in [1.29, 1.82) is 0 Å². The van der Waals surface area contributed by atoms with E-state index in [0.29, 0.717) is 24.8 Å². The number of nitrogens with two attached hydrogens (primary N) is 1. The van der Waals surface area contributed by atoms with Gasteiger partial charge in [-0.25, -0.2) is 4.99 Å². The Hall–Kier alpha value is -0.960. The molecule has 1 amide bonds. The van der Waals surface area contributed by atoms with Crippen LogP contribution >= 0.6 is 35.7 Å². The summed E-state index contributed by atoms with van der Waals surface area (Å²) in [5.74, 6) is 3.22. The molecule has 1 heterocycles. The van der Waals surface area contributed by atoms with Crippen molar-refractivity contribution in [3.8, 4) is 0 Å². The van der Waals surface area contributed by atoms with Gasteiger partial charge in [0.05, 0.1) is 6.54 Å². The lowest BCUT2D eigenvalue weighted by atomic mass is 10.1. The predicted octanol–water partition coefficient (Wildman–Crippen LogP) is 3.15. The Morgan fingerprint density at radius 3 is 2.75 bits per heavy atom. The zero-order chi connectivity index (χ0) is 16.7. The first-order chi connectivity index (χ1) is 11.0. The van der Waals surface area contributed by atoms with Crippen molar-refractivity contribution < 1.29 is 4.79 Å². The fraction of sp³-hybridized carbons (Fsp3) is 0.529. The molecule has 1 aliphatic heterocycles. The summed E-state index contributed by atoms with van der Waals surface area (Å²) in [5, 5.41) is 2.93. The number of amides is 1. The number of anilines is 1. The van der Waals surface area contributed by atoms with Crippen LogP contribution in [0.5, 0.6) is 0 Å². The monoisotopic (exact) mass is 462 g/mol. The number of carbonyl (C=O) groups is 1. The van der Waals surface area contributed by atoms with Crippen molar-refractivity contribution in [2.24, 2.45) is 16.6 Å². The molecule has 1 fully saturated rings. The van der Waals surface area contributed by atoms with Crippen molar-refractivity contribution >= 4 is 53.3 Å². The highest BCUT2D eigenvalue weighted by Gasteiger charge is 2.12. The molecule has 0 radical (unpaired) electrons. The molecule has 0 aromatic heterocycles. The highest BCUT2D eigenvalue weighted by atomic mass is 127. The van der Waals surface area contributed by atoms with Gasteiger partial charge >= 0.3 is 0 Å². The van der Waals surface area contributed by atoms with Gasteiger partial charge in [-0.2, -0.15) is 11.8 Å². The average molecular weight is 462 g/mol. The molecule has 3 N–H and O–H groups in total. The first kappa shape index (κ1) is 21.1. The standard InChI is InChI=1S/C17H26N4OS.HI/c1-13(2)10-16(22)20-15-5-3-4-14(11-15)12-19-17(18)21-6-8-23-9-7-21;/h3-5,11,13H,6-10,12H2,1-2H3,(H2,18,19)(H,20,22);1H. The second-order valence-corrected chi connectivity index (χ2v) is 7.35. The maximum Gasteiger partial charge on any atom is 0.224 e. The number of guanidine groups is 1. The number of benzene rings is 1. The molecule has 0 saturated carbocycles. The number of halogens is 1. The van der Waals surface area contributed by atoms with E-state index in [0.717, 1.165) is 35.8 Å². The van der Waals surface area contributed by atoms with E-state index in [-0.39, 0.29) is 29.9 Å². The van der Waals surface area contributed by atoms with Crippen LogP contribution in [0.4, 0.5) is 5.69 Å². The maximum absolute atomic E-state index is 11.8. The smallest absolute Gasteiger partial charge is 0.224 e. The molecular weight excluding hydrogens is 435 g/mol. The molecule has 0 spiro atoms. The van der Waals surface area contributed by atoms with Crippen molar-refractivity contribution in [1.82, 2.24) is 4.90 Å². The summed E-state index contributed by atoms with van der Waals surface area (Å²) in [6.07, 6.45) is 0.530. The number of hydrogen-bond acceptors (Lipinski definition) is 3. The van der Waals surface area contributed by atoms with Crippen LogP contribution in [-0.4, -0.2) is 41.4 Å². The van der Waals surface area contributed by atoms with Gasteiger partial charge in [-0.05, 0) is 23.6 Å². The minimum absolute atomic E-state index is 0. The maximum atomic E-state index is 11.8. The lowest BCUT2D eigenvalue weighted by Gasteiger charge is -2.27. The third kappa shape index (κ3) is 7.29. The molecule has 5 nitrogen and oxygen atoms in total. The third-order valence-electron chi connectivity index (χ3n) is 3.56. The highest BCUT2D eigenvalue weighted by molar-refractivity contribution is 14.0. The van der Waals surface area contributed by atoms with Crippen LogP contribution in [0, 0.1) is 5.92 Å². The quantitative estimate of drug-likeness (QED) is 0.401. The van der Waals surface area contributed by atoms with E-state index in [2.05, 4.69) is 15.2 Å². The molecule has 7 heteroatoms. The van der Waals surface area contributed by atoms with E-state index in [1.165, 1.54) is 0 Å². The molecule has 134 valence electrons. The fourth-order valence-electron chi connectivity index (χ4n) is 2.39. The van der Waals surface area contributed by atoms with E-state index >= 15 is 0 Å². The number of rotatable bonds is 5. The Morgan fingerprint density at radius 2 is 2.08 bits per heavy atom. The molecule has 0 unspecified atom stereocenters. The van der Waals surface area contributed by atoms with Crippen molar-refractivity contribution in [2.75, 3.05) is 29.9 Å². The van der Waals surface area contributed by atoms with Gasteiger partial charge in [-0.1, -0.05) is 26.0 Å². The summed E-state index contributed by atoms with van der Waals surface area (Å²) in [4.78, 5) is 18.5. The Labute approximate surface area is 165 Å². The molecule has 2 rings (SSSR count). The van der Waals surface area contributed by atoms with Gasteiger partial charge in [-0.3, -0.25) is 4.79 Å². The highest BCUT2D eigenvalue weighted by Crippen LogP contribution is 2.14. The van der Waals surface area contributed by atoms with Gasteiger partial charge in [0.15, 0.2) is 5.96 Å². The summed E-state index contributed by atoms with van der Waals surface area (Å²) in [7, 11) is 0. The number of carbonyl (C=O) groups excluding carboxylic acids is 1. The average Bonchev–Trinajstić information content (AvgIpc) is 2.53. The molecule has 0 atom stereocenters. The van der Waals surface area contributed by atoms with Crippen molar-refractivity contribution in [3.05, 3.63) is 29.8 Å². The summed E-state index contributed by atoms with van der Waals surface area (Å²) < 4.78 is 0.